The quantitative estimate of drug-likeness (QED) is 0.108. The Hall–Kier alpha value is -7.22. The molecule has 2 fully saturated rings. The lowest BCUT2D eigenvalue weighted by atomic mass is 9.65. The van der Waals surface area contributed by atoms with E-state index in [-0.39, 0.29) is 36.6 Å². The van der Waals surface area contributed by atoms with Gasteiger partial charge in [0.25, 0.3) is 0 Å². The molecule has 7 atom stereocenters. The van der Waals surface area contributed by atoms with Gasteiger partial charge in [-0.05, 0) is 58.5 Å². The van der Waals surface area contributed by atoms with Gasteiger partial charge in [0.2, 0.25) is 5.91 Å². The van der Waals surface area contributed by atoms with Crippen molar-refractivity contribution in [3.63, 3.8) is 0 Å². The number of morpholine rings is 1. The highest BCUT2D eigenvalue weighted by atomic mass is 16.6. The van der Waals surface area contributed by atoms with Crippen molar-refractivity contribution in [3.8, 4) is 17.6 Å². The van der Waals surface area contributed by atoms with Gasteiger partial charge in [0.05, 0.1) is 38.0 Å². The van der Waals surface area contributed by atoms with Crippen molar-refractivity contribution >= 4 is 41.6 Å². The lowest BCUT2D eigenvalue weighted by Crippen LogP contribution is -2.56. The molecule has 7 rings (SSSR count). The number of aliphatic hydroxyl groups excluding tert-OH is 1. The molecular weight excluding hydrogens is 799 g/mol. The number of carboxylic acid groups (broad SMARTS) is 1. The van der Waals surface area contributed by atoms with Gasteiger partial charge >= 0.3 is 30.0 Å². The van der Waals surface area contributed by atoms with Crippen LogP contribution in [0.5, 0.6) is 5.75 Å². The Morgan fingerprint density at radius 2 is 1.56 bits per heavy atom. The first-order valence-corrected chi connectivity index (χ1v) is 19.9. The minimum Gasteiger partial charge on any atom is -0.491 e. The summed E-state index contributed by atoms with van der Waals surface area (Å²) >= 11 is 0. The van der Waals surface area contributed by atoms with Gasteiger partial charge in [-0.2, -0.15) is 0 Å². The molecule has 0 saturated carbocycles. The fourth-order valence-electron chi connectivity index (χ4n) is 8.97. The number of ether oxygens (including phenoxy) is 3. The standard InChI is InChI=1S/C46H45N5O11/c1-26(2)35(41(55)60-3)49-45(59)50-33-21-16-27(11-10-22-48-44(47)58)25-32(33)46(43(50)57)34(40(53)54)37-42(56)62-38(29-14-8-5-9-15-29)36(28-12-6-4-7-13-28)51(37)39(46)30-17-19-31(20-18-30)61-24-23-52/h4-9,12-21,25-26,34-39,52H,22-24H2,1-3H3,(H,49,59)(H,53,54)(H3,47,48,58)/t34-,35-,36-,37-,38+,39+,46-/m0/s1. The van der Waals surface area contributed by atoms with Gasteiger partial charge in [-0.3, -0.25) is 19.3 Å². The van der Waals surface area contributed by atoms with Crippen LogP contribution < -0.4 is 26.0 Å². The molecule has 3 heterocycles. The number of hydrogen-bond acceptors (Lipinski definition) is 11. The van der Waals surface area contributed by atoms with E-state index in [0.717, 1.165) is 4.90 Å². The van der Waals surface area contributed by atoms with Gasteiger partial charge in [-0.15, -0.1) is 0 Å². The lowest BCUT2D eigenvalue weighted by Gasteiger charge is -2.46. The molecule has 16 heteroatoms. The van der Waals surface area contributed by atoms with E-state index in [2.05, 4.69) is 22.5 Å². The number of esters is 2. The minimum absolute atomic E-state index is 0.0103. The maximum Gasteiger partial charge on any atom is 0.329 e. The van der Waals surface area contributed by atoms with Crippen LogP contribution in [0.4, 0.5) is 15.3 Å². The molecule has 2 saturated heterocycles. The average molecular weight is 844 g/mol. The number of aliphatic carboxylic acids is 1. The summed E-state index contributed by atoms with van der Waals surface area (Å²) in [5, 5.41) is 26.0. The van der Waals surface area contributed by atoms with Crippen molar-refractivity contribution in [2.45, 2.75) is 49.5 Å². The minimum atomic E-state index is -2.27. The van der Waals surface area contributed by atoms with Crippen LogP contribution in [0, 0.1) is 23.7 Å². The molecule has 5 amide bonds. The first kappa shape index (κ1) is 42.9. The second-order valence-electron chi connectivity index (χ2n) is 15.3. The summed E-state index contributed by atoms with van der Waals surface area (Å²) in [6, 6.07) is 22.2. The lowest BCUT2D eigenvalue weighted by molar-refractivity contribution is -0.179. The smallest absolute Gasteiger partial charge is 0.329 e. The number of fused-ring (bicyclic) bond motifs is 3. The number of rotatable bonds is 11. The van der Waals surface area contributed by atoms with E-state index < -0.39 is 83.4 Å². The van der Waals surface area contributed by atoms with Gasteiger partial charge in [-0.25, -0.2) is 19.3 Å². The van der Waals surface area contributed by atoms with Gasteiger partial charge in [-0.1, -0.05) is 98.5 Å². The van der Waals surface area contributed by atoms with Crippen molar-refractivity contribution in [3.05, 3.63) is 131 Å². The number of urea groups is 2. The molecule has 320 valence electrons. The number of aliphatic hydroxyl groups is 1. The van der Waals surface area contributed by atoms with Crippen molar-refractivity contribution in [2.75, 3.05) is 31.8 Å². The van der Waals surface area contributed by atoms with Crippen molar-refractivity contribution < 1.29 is 53.2 Å². The Labute approximate surface area is 356 Å². The number of amides is 5. The second kappa shape index (κ2) is 17.8. The molecule has 16 nitrogen and oxygen atoms in total. The maximum atomic E-state index is 16.0. The van der Waals surface area contributed by atoms with E-state index in [1.165, 1.54) is 25.3 Å². The molecule has 0 aromatic heterocycles. The van der Waals surface area contributed by atoms with E-state index >= 15 is 4.79 Å². The third kappa shape index (κ3) is 7.56. The van der Waals surface area contributed by atoms with E-state index in [1.807, 2.05) is 24.3 Å². The number of nitrogens with two attached hydrogens (primary N) is 1. The van der Waals surface area contributed by atoms with Gasteiger partial charge in [0, 0.05) is 5.56 Å². The van der Waals surface area contributed by atoms with Crippen LogP contribution in [-0.2, 0) is 34.1 Å². The number of nitrogens with one attached hydrogen (secondary N) is 2. The summed E-state index contributed by atoms with van der Waals surface area (Å²) in [4.78, 5) is 86.5. The van der Waals surface area contributed by atoms with Gasteiger partial charge in [0.1, 0.15) is 41.9 Å². The zero-order valence-electron chi connectivity index (χ0n) is 34.0. The second-order valence-corrected chi connectivity index (χ2v) is 15.3. The predicted octanol–water partition coefficient (Wildman–Crippen LogP) is 3.73. The van der Waals surface area contributed by atoms with Crippen LogP contribution in [-0.4, -0.2) is 89.9 Å². The summed E-state index contributed by atoms with van der Waals surface area (Å²) in [7, 11) is 1.17. The highest BCUT2D eigenvalue weighted by molar-refractivity contribution is 6.24. The normalized spacial score (nSPS) is 23.0. The Bertz CT molecular complexity index is 2440. The SMILES string of the molecule is COC(=O)[C@@H](NC(=O)N1C(=O)[C@@]2(c3cc(C#CCNC(N)=O)ccc31)[C@H](C(=O)O)[C@H]1C(=O)O[C@H](c3ccccc3)[C@H](c3ccccc3)N1[C@@H]2c1ccc(OCCO)cc1)C(C)C. The largest absolute Gasteiger partial charge is 0.491 e. The maximum absolute atomic E-state index is 16.0. The Balaban J connectivity index is 1.54. The number of carbonyl (C=O) groups is 6. The molecular formula is C46H45N5O11. The van der Waals surface area contributed by atoms with Crippen molar-refractivity contribution in [1.29, 1.82) is 0 Å². The number of imide groups is 1. The summed E-state index contributed by atoms with van der Waals surface area (Å²) in [5.74, 6) is -0.484. The van der Waals surface area contributed by atoms with Crippen LogP contribution in [0.2, 0.25) is 0 Å². The third-order valence-corrected chi connectivity index (χ3v) is 11.5. The zero-order valence-corrected chi connectivity index (χ0v) is 34.0. The summed E-state index contributed by atoms with van der Waals surface area (Å²) in [6.07, 6.45) is -1.00. The van der Waals surface area contributed by atoms with Crippen molar-refractivity contribution in [2.24, 2.45) is 17.6 Å². The highest BCUT2D eigenvalue weighted by Crippen LogP contribution is 2.66. The topological polar surface area (TPSA) is 227 Å². The average Bonchev–Trinajstić information content (AvgIpc) is 3.73. The molecule has 0 unspecified atom stereocenters. The number of methoxy groups -OCH3 is 1. The third-order valence-electron chi connectivity index (χ3n) is 11.5. The molecule has 62 heavy (non-hydrogen) atoms. The van der Waals surface area contributed by atoms with Crippen LogP contribution in [0.25, 0.3) is 0 Å². The fourth-order valence-corrected chi connectivity index (χ4v) is 8.97. The molecule has 6 N–H and O–H groups in total. The van der Waals surface area contributed by atoms with Gasteiger partial charge < -0.3 is 40.8 Å². The van der Waals surface area contributed by atoms with Crippen molar-refractivity contribution in [1.82, 2.24) is 15.5 Å². The first-order valence-electron chi connectivity index (χ1n) is 19.9. The molecule has 0 aliphatic carbocycles. The predicted molar refractivity (Wildman–Crippen MR) is 222 cm³/mol. The van der Waals surface area contributed by atoms with Crippen LogP contribution in [0.3, 0.4) is 0 Å². The first-order chi connectivity index (χ1) is 29.8. The van der Waals surface area contributed by atoms with Crippen LogP contribution in [0.15, 0.2) is 103 Å². The molecule has 3 aliphatic rings. The molecule has 0 bridgehead atoms. The molecule has 1 spiro atoms. The molecule has 3 aliphatic heterocycles. The number of nitrogens with zero attached hydrogens (tertiary/aromatic N) is 2. The van der Waals surface area contributed by atoms with Crippen LogP contribution in [0.1, 0.15) is 59.9 Å². The molecule has 4 aromatic rings. The van der Waals surface area contributed by atoms with E-state index in [0.29, 0.717) is 22.4 Å². The summed E-state index contributed by atoms with van der Waals surface area (Å²) in [5.41, 5.74) is 4.94. The fraction of sp³-hybridized carbons (Fsp3) is 0.304. The Kier molecular flexibility index (Phi) is 12.3. The van der Waals surface area contributed by atoms with Gasteiger partial charge in [0.15, 0.2) is 0 Å². The Morgan fingerprint density at radius 1 is 0.903 bits per heavy atom. The molecule has 0 radical (unpaired) electrons. The number of anilines is 1. The highest BCUT2D eigenvalue weighted by Gasteiger charge is 2.76. The Morgan fingerprint density at radius 3 is 2.16 bits per heavy atom. The summed E-state index contributed by atoms with van der Waals surface area (Å²) < 4.78 is 16.9. The number of carbonyl (C=O) groups excluding carboxylic acids is 5. The van der Waals surface area contributed by atoms with Crippen LogP contribution >= 0.6 is 0 Å². The zero-order chi connectivity index (χ0) is 44.3. The monoisotopic (exact) mass is 843 g/mol. The summed E-state index contributed by atoms with van der Waals surface area (Å²) in [6.45, 7) is 2.95. The number of primary amides is 1. The van der Waals surface area contributed by atoms with E-state index in [9.17, 15) is 34.2 Å². The number of benzene rings is 4. The molecule has 4 aromatic carbocycles. The van der Waals surface area contributed by atoms with E-state index in [1.54, 1.807) is 79.4 Å². The number of carboxylic acids is 1. The number of hydrogen-bond donors (Lipinski definition) is 5. The number of cyclic esters (lactones) is 1. The van der Waals surface area contributed by atoms with E-state index in [4.69, 9.17) is 19.9 Å².